The highest BCUT2D eigenvalue weighted by Crippen LogP contribution is 2.39. The maximum absolute atomic E-state index is 15.0. The average Bonchev–Trinajstić information content (AvgIpc) is 2.74. The number of methoxy groups -OCH3 is 1. The van der Waals surface area contributed by atoms with Gasteiger partial charge in [-0.2, -0.15) is 0 Å². The van der Waals surface area contributed by atoms with Gasteiger partial charge in [0.1, 0.15) is 5.82 Å². The Hall–Kier alpha value is -2.16. The van der Waals surface area contributed by atoms with Crippen LogP contribution < -0.4 is 4.74 Å². The number of ether oxygens (including phenoxy) is 1. The first-order valence-electron chi connectivity index (χ1n) is 10.9. The monoisotopic (exact) mass is 396 g/mol. The molecule has 0 aromatic heterocycles. The first kappa shape index (κ1) is 20.1. The van der Waals surface area contributed by atoms with Crippen molar-refractivity contribution in [3.05, 3.63) is 70.3 Å². The molecule has 154 valence electrons. The number of benzene rings is 2. The Morgan fingerprint density at radius 3 is 2.52 bits per heavy atom. The molecule has 2 aliphatic rings. The van der Waals surface area contributed by atoms with Crippen LogP contribution in [0, 0.1) is 17.6 Å². The number of fused-ring (bicyclic) bond motifs is 1. The van der Waals surface area contributed by atoms with Crippen LogP contribution in [0.25, 0.3) is 5.57 Å². The normalized spacial score (nSPS) is 21.4. The molecule has 0 heterocycles. The van der Waals surface area contributed by atoms with E-state index in [1.807, 2.05) is 18.2 Å². The van der Waals surface area contributed by atoms with Gasteiger partial charge in [-0.05, 0) is 84.8 Å². The number of allylic oxidation sites excluding steroid dienone is 2. The second kappa shape index (κ2) is 8.69. The Morgan fingerprint density at radius 1 is 1.03 bits per heavy atom. The van der Waals surface area contributed by atoms with Crippen molar-refractivity contribution in [3.63, 3.8) is 0 Å². The summed E-state index contributed by atoms with van der Waals surface area (Å²) in [6.45, 7) is 2.25. The summed E-state index contributed by atoms with van der Waals surface area (Å²) in [5.74, 6) is 1.16. The Kier molecular flexibility index (Phi) is 6.03. The molecular formula is C26H30F2O. The van der Waals surface area contributed by atoms with E-state index in [1.165, 1.54) is 45.6 Å². The molecule has 0 saturated heterocycles. The fourth-order valence-corrected chi connectivity index (χ4v) is 5.13. The fraction of sp³-hybridized carbons (Fsp3) is 0.462. The van der Waals surface area contributed by atoms with Gasteiger partial charge in [0.25, 0.3) is 0 Å². The second-order valence-corrected chi connectivity index (χ2v) is 8.58. The lowest BCUT2D eigenvalue weighted by Crippen LogP contribution is -2.13. The molecule has 1 nitrogen and oxygen atoms in total. The molecule has 1 fully saturated rings. The van der Waals surface area contributed by atoms with Crippen molar-refractivity contribution < 1.29 is 13.5 Å². The highest BCUT2D eigenvalue weighted by molar-refractivity contribution is 5.71. The summed E-state index contributed by atoms with van der Waals surface area (Å²) in [4.78, 5) is 0. The van der Waals surface area contributed by atoms with Gasteiger partial charge in [-0.1, -0.05) is 44.0 Å². The van der Waals surface area contributed by atoms with Gasteiger partial charge in [0.2, 0.25) is 0 Å². The first-order valence-corrected chi connectivity index (χ1v) is 10.9. The van der Waals surface area contributed by atoms with Crippen molar-refractivity contribution in [1.29, 1.82) is 0 Å². The number of halogens is 2. The number of rotatable bonds is 5. The zero-order valence-corrected chi connectivity index (χ0v) is 17.4. The van der Waals surface area contributed by atoms with Crippen molar-refractivity contribution in [2.24, 2.45) is 5.92 Å². The predicted octanol–water partition coefficient (Wildman–Crippen LogP) is 7.23. The third-order valence-electron chi connectivity index (χ3n) is 6.81. The van der Waals surface area contributed by atoms with Crippen LogP contribution in [0.5, 0.6) is 5.75 Å². The van der Waals surface area contributed by atoms with E-state index in [0.717, 1.165) is 22.6 Å². The van der Waals surface area contributed by atoms with E-state index in [4.69, 9.17) is 4.74 Å². The first-order chi connectivity index (χ1) is 14.1. The maximum atomic E-state index is 15.0. The quantitative estimate of drug-likeness (QED) is 0.518. The van der Waals surface area contributed by atoms with Gasteiger partial charge >= 0.3 is 0 Å². The van der Waals surface area contributed by atoms with Crippen molar-refractivity contribution in [1.82, 2.24) is 0 Å². The van der Waals surface area contributed by atoms with E-state index in [0.29, 0.717) is 29.9 Å². The van der Waals surface area contributed by atoms with Crippen LogP contribution >= 0.6 is 0 Å². The molecule has 2 aromatic rings. The minimum absolute atomic E-state index is 0.151. The summed E-state index contributed by atoms with van der Waals surface area (Å²) in [7, 11) is 1.47. The van der Waals surface area contributed by atoms with Crippen molar-refractivity contribution in [3.8, 4) is 5.75 Å². The Morgan fingerprint density at radius 2 is 1.83 bits per heavy atom. The third kappa shape index (κ3) is 4.10. The molecule has 1 saturated carbocycles. The smallest absolute Gasteiger partial charge is 0.168 e. The molecule has 0 spiro atoms. The summed E-state index contributed by atoms with van der Waals surface area (Å²) in [5.41, 5.74) is 4.30. The molecule has 0 atom stereocenters. The van der Waals surface area contributed by atoms with E-state index in [9.17, 15) is 4.39 Å². The zero-order valence-electron chi connectivity index (χ0n) is 17.4. The molecule has 29 heavy (non-hydrogen) atoms. The van der Waals surface area contributed by atoms with Gasteiger partial charge in [-0.25, -0.2) is 8.78 Å². The number of hydrogen-bond acceptors (Lipinski definition) is 1. The van der Waals surface area contributed by atoms with E-state index in [1.54, 1.807) is 12.1 Å². The standard InChI is InChI=1S/C26H30F2O/c1-3-4-17-5-7-18(8-6-17)19-9-12-22(24(27)16-19)20-10-13-23-21(15-20)11-14-25(29-2)26(23)28/h9-12,14,16-18H,3-8,13,15H2,1-2H3. The van der Waals surface area contributed by atoms with Gasteiger partial charge in [-0.15, -0.1) is 0 Å². The maximum Gasteiger partial charge on any atom is 0.168 e. The minimum Gasteiger partial charge on any atom is -0.494 e. The van der Waals surface area contributed by atoms with E-state index < -0.39 is 0 Å². The minimum atomic E-state index is -0.296. The van der Waals surface area contributed by atoms with E-state index in [2.05, 4.69) is 13.0 Å². The second-order valence-electron chi connectivity index (χ2n) is 8.58. The summed E-state index contributed by atoms with van der Waals surface area (Å²) in [6.07, 6.45) is 10.4. The lowest BCUT2D eigenvalue weighted by Gasteiger charge is -2.29. The van der Waals surface area contributed by atoms with Crippen LogP contribution in [0.1, 0.15) is 73.6 Å². The van der Waals surface area contributed by atoms with E-state index in [-0.39, 0.29) is 17.4 Å². The van der Waals surface area contributed by atoms with E-state index >= 15 is 4.39 Å². The molecule has 3 heteroatoms. The van der Waals surface area contributed by atoms with Gasteiger partial charge < -0.3 is 4.74 Å². The lowest BCUT2D eigenvalue weighted by atomic mass is 9.77. The topological polar surface area (TPSA) is 9.23 Å². The molecular weight excluding hydrogens is 366 g/mol. The number of hydrogen-bond donors (Lipinski definition) is 0. The summed E-state index contributed by atoms with van der Waals surface area (Å²) >= 11 is 0. The van der Waals surface area contributed by atoms with Crippen molar-refractivity contribution in [2.75, 3.05) is 7.11 Å². The molecule has 2 aromatic carbocycles. The highest BCUT2D eigenvalue weighted by Gasteiger charge is 2.24. The van der Waals surface area contributed by atoms with Gasteiger partial charge in [0.05, 0.1) is 7.11 Å². The van der Waals surface area contributed by atoms with Gasteiger partial charge in [-0.3, -0.25) is 0 Å². The predicted molar refractivity (Wildman–Crippen MR) is 114 cm³/mol. The Bertz CT molecular complexity index is 907. The van der Waals surface area contributed by atoms with Crippen LogP contribution in [0.4, 0.5) is 8.78 Å². The molecule has 0 N–H and O–H groups in total. The van der Waals surface area contributed by atoms with Crippen LogP contribution in [-0.2, 0) is 12.8 Å². The molecule has 4 rings (SSSR count). The van der Waals surface area contributed by atoms with Crippen molar-refractivity contribution >= 4 is 5.57 Å². The lowest BCUT2D eigenvalue weighted by molar-refractivity contribution is 0.308. The van der Waals surface area contributed by atoms with Crippen LogP contribution in [0.3, 0.4) is 0 Å². The summed E-state index contributed by atoms with van der Waals surface area (Å²) < 4.78 is 34.6. The molecule has 0 amide bonds. The van der Waals surface area contributed by atoms with Crippen LogP contribution in [0.15, 0.2) is 36.4 Å². The Labute approximate surface area is 172 Å². The average molecular weight is 397 g/mol. The molecule has 0 aliphatic heterocycles. The molecule has 2 aliphatic carbocycles. The van der Waals surface area contributed by atoms with Crippen LogP contribution in [-0.4, -0.2) is 7.11 Å². The van der Waals surface area contributed by atoms with Crippen molar-refractivity contribution in [2.45, 2.75) is 64.2 Å². The zero-order chi connectivity index (χ0) is 20.4. The Balaban J connectivity index is 1.50. The SMILES string of the molecule is CCCC1CCC(c2ccc(C3=CCc4c(ccc(OC)c4F)C3)c(F)c2)CC1. The van der Waals surface area contributed by atoms with Gasteiger partial charge in [0, 0.05) is 5.56 Å². The summed E-state index contributed by atoms with van der Waals surface area (Å²) in [5, 5.41) is 0. The molecule has 0 unspecified atom stereocenters. The van der Waals surface area contributed by atoms with Gasteiger partial charge in [0.15, 0.2) is 11.6 Å². The molecule has 0 bridgehead atoms. The third-order valence-corrected chi connectivity index (χ3v) is 6.81. The van der Waals surface area contributed by atoms with Crippen LogP contribution in [0.2, 0.25) is 0 Å². The largest absolute Gasteiger partial charge is 0.494 e. The highest BCUT2D eigenvalue weighted by atomic mass is 19.1. The molecule has 0 radical (unpaired) electrons. The summed E-state index contributed by atoms with van der Waals surface area (Å²) in [6, 6.07) is 9.33. The fourth-order valence-electron chi connectivity index (χ4n) is 5.13.